The topological polar surface area (TPSA) is 79.3 Å². The Morgan fingerprint density at radius 2 is 1.73 bits per heavy atom. The van der Waals surface area contributed by atoms with Gasteiger partial charge in [0, 0.05) is 16.9 Å². The summed E-state index contributed by atoms with van der Waals surface area (Å²) >= 11 is 1.59. The fraction of sp³-hybridized carbons (Fsp3) is 0.312. The van der Waals surface area contributed by atoms with Crippen LogP contribution >= 0.6 is 11.3 Å². The molecule has 0 aliphatic heterocycles. The standard InChI is InChI=1S/C16H18N2O3S/c1-9(2)15-18-13(8-22-15)10(3)17-14(19)11-4-6-12(7-5-11)16(20)21/h4-10H,1-3H3,(H,17,19)(H,20,21). The quantitative estimate of drug-likeness (QED) is 0.885. The van der Waals surface area contributed by atoms with Gasteiger partial charge in [0.25, 0.3) is 5.91 Å². The number of carboxylic acid groups (broad SMARTS) is 1. The van der Waals surface area contributed by atoms with Gasteiger partial charge in [0.05, 0.1) is 22.3 Å². The zero-order valence-corrected chi connectivity index (χ0v) is 13.5. The van der Waals surface area contributed by atoms with Crippen LogP contribution in [0.5, 0.6) is 0 Å². The zero-order chi connectivity index (χ0) is 16.3. The Hall–Kier alpha value is -2.21. The zero-order valence-electron chi connectivity index (χ0n) is 12.7. The first-order valence-electron chi connectivity index (χ1n) is 6.98. The van der Waals surface area contributed by atoms with Crippen molar-refractivity contribution in [2.45, 2.75) is 32.7 Å². The number of hydrogen-bond donors (Lipinski definition) is 2. The molecule has 0 saturated heterocycles. The molecule has 1 amide bonds. The minimum Gasteiger partial charge on any atom is -0.478 e. The number of carbonyl (C=O) groups is 2. The number of carbonyl (C=O) groups excluding carboxylic acids is 1. The Bertz CT molecular complexity index is 677. The van der Waals surface area contributed by atoms with Gasteiger partial charge in [-0.2, -0.15) is 0 Å². The number of thiazole rings is 1. The molecule has 1 heterocycles. The number of aromatic carboxylic acids is 1. The maximum atomic E-state index is 12.2. The van der Waals surface area contributed by atoms with E-state index in [-0.39, 0.29) is 17.5 Å². The summed E-state index contributed by atoms with van der Waals surface area (Å²) in [5, 5.41) is 14.7. The fourth-order valence-corrected chi connectivity index (χ4v) is 2.81. The number of amides is 1. The molecular weight excluding hydrogens is 300 g/mol. The van der Waals surface area contributed by atoms with Crippen LogP contribution in [0.25, 0.3) is 0 Å². The van der Waals surface area contributed by atoms with Crippen LogP contribution in [0.2, 0.25) is 0 Å². The van der Waals surface area contributed by atoms with Crippen molar-refractivity contribution in [2.24, 2.45) is 0 Å². The predicted molar refractivity (Wildman–Crippen MR) is 85.5 cm³/mol. The number of hydrogen-bond acceptors (Lipinski definition) is 4. The Labute approximate surface area is 133 Å². The Morgan fingerprint density at radius 1 is 1.14 bits per heavy atom. The van der Waals surface area contributed by atoms with Crippen LogP contribution in [-0.2, 0) is 0 Å². The van der Waals surface area contributed by atoms with Crippen molar-refractivity contribution in [1.82, 2.24) is 10.3 Å². The molecule has 1 aromatic carbocycles. The molecule has 0 bridgehead atoms. The average Bonchev–Trinajstić information content (AvgIpc) is 2.97. The molecule has 0 saturated carbocycles. The van der Waals surface area contributed by atoms with Gasteiger partial charge >= 0.3 is 5.97 Å². The first-order valence-corrected chi connectivity index (χ1v) is 7.86. The predicted octanol–water partition coefficient (Wildman–Crippen LogP) is 3.46. The van der Waals surface area contributed by atoms with Crippen LogP contribution < -0.4 is 5.32 Å². The number of carboxylic acids is 1. The van der Waals surface area contributed by atoms with Crippen LogP contribution in [-0.4, -0.2) is 22.0 Å². The Balaban J connectivity index is 2.05. The number of aromatic nitrogens is 1. The van der Waals surface area contributed by atoms with Crippen molar-refractivity contribution < 1.29 is 14.7 Å². The van der Waals surface area contributed by atoms with Crippen molar-refractivity contribution in [3.05, 3.63) is 51.5 Å². The smallest absolute Gasteiger partial charge is 0.335 e. The Kier molecular flexibility index (Phi) is 4.92. The molecule has 1 unspecified atom stereocenters. The molecule has 1 aromatic heterocycles. The van der Waals surface area contributed by atoms with E-state index in [1.54, 1.807) is 11.3 Å². The largest absolute Gasteiger partial charge is 0.478 e. The highest BCUT2D eigenvalue weighted by Gasteiger charge is 2.15. The molecule has 5 nitrogen and oxygen atoms in total. The average molecular weight is 318 g/mol. The third-order valence-corrected chi connectivity index (χ3v) is 4.38. The maximum Gasteiger partial charge on any atom is 0.335 e. The lowest BCUT2D eigenvalue weighted by Gasteiger charge is -2.12. The summed E-state index contributed by atoms with van der Waals surface area (Å²) in [5.41, 5.74) is 1.42. The SMILES string of the molecule is CC(C)c1nc(C(C)NC(=O)c2ccc(C(=O)O)cc2)cs1. The van der Waals surface area contributed by atoms with Crippen molar-refractivity contribution >= 4 is 23.2 Å². The molecule has 0 aliphatic carbocycles. The van der Waals surface area contributed by atoms with Crippen LogP contribution in [0, 0.1) is 0 Å². The van der Waals surface area contributed by atoms with Gasteiger partial charge in [0.1, 0.15) is 0 Å². The number of benzene rings is 1. The van der Waals surface area contributed by atoms with Crippen molar-refractivity contribution in [3.63, 3.8) is 0 Å². The van der Waals surface area contributed by atoms with Gasteiger partial charge in [-0.1, -0.05) is 13.8 Å². The molecule has 0 fully saturated rings. The van der Waals surface area contributed by atoms with Gasteiger partial charge in [0.15, 0.2) is 0 Å². The molecule has 1 atom stereocenters. The first kappa shape index (κ1) is 16.2. The van der Waals surface area contributed by atoms with Crippen molar-refractivity contribution in [3.8, 4) is 0 Å². The molecule has 6 heteroatoms. The van der Waals surface area contributed by atoms with Gasteiger partial charge in [-0.25, -0.2) is 9.78 Å². The van der Waals surface area contributed by atoms with Crippen LogP contribution in [0.1, 0.15) is 64.1 Å². The molecule has 0 radical (unpaired) electrons. The summed E-state index contributed by atoms with van der Waals surface area (Å²) in [4.78, 5) is 27.5. The van der Waals surface area contributed by atoms with Gasteiger partial charge in [-0.05, 0) is 31.2 Å². The number of rotatable bonds is 5. The summed E-state index contributed by atoms with van der Waals surface area (Å²) in [7, 11) is 0. The second-order valence-corrected chi connectivity index (χ2v) is 6.23. The van der Waals surface area contributed by atoms with Gasteiger partial charge in [-0.3, -0.25) is 4.79 Å². The first-order chi connectivity index (χ1) is 10.4. The third-order valence-electron chi connectivity index (χ3n) is 3.22. The monoisotopic (exact) mass is 318 g/mol. The van der Waals surface area contributed by atoms with Crippen molar-refractivity contribution in [1.29, 1.82) is 0 Å². The second-order valence-electron chi connectivity index (χ2n) is 5.34. The normalized spacial score (nSPS) is 12.2. The van der Waals surface area contributed by atoms with Crippen molar-refractivity contribution in [2.75, 3.05) is 0 Å². The highest BCUT2D eigenvalue weighted by molar-refractivity contribution is 7.09. The van der Waals surface area contributed by atoms with Crippen LogP contribution in [0.15, 0.2) is 29.6 Å². The van der Waals surface area contributed by atoms with E-state index in [1.165, 1.54) is 24.3 Å². The summed E-state index contributed by atoms with van der Waals surface area (Å²) in [6.07, 6.45) is 0. The highest BCUT2D eigenvalue weighted by atomic mass is 32.1. The second kappa shape index (κ2) is 6.70. The molecule has 2 N–H and O–H groups in total. The van der Waals surface area contributed by atoms with Gasteiger partial charge < -0.3 is 10.4 Å². The lowest BCUT2D eigenvalue weighted by molar-refractivity contribution is 0.0696. The fourth-order valence-electron chi connectivity index (χ4n) is 1.88. The lowest BCUT2D eigenvalue weighted by Crippen LogP contribution is -2.26. The van der Waals surface area contributed by atoms with E-state index in [9.17, 15) is 9.59 Å². The van der Waals surface area contributed by atoms with Crippen LogP contribution in [0.4, 0.5) is 0 Å². The van der Waals surface area contributed by atoms with E-state index >= 15 is 0 Å². The van der Waals surface area contributed by atoms with Gasteiger partial charge in [0.2, 0.25) is 0 Å². The molecule has 0 spiro atoms. The third kappa shape index (κ3) is 3.71. The number of nitrogens with zero attached hydrogens (tertiary/aromatic N) is 1. The van der Waals surface area contributed by atoms with E-state index in [2.05, 4.69) is 24.1 Å². The van der Waals surface area contributed by atoms with E-state index in [0.29, 0.717) is 11.5 Å². The molecule has 22 heavy (non-hydrogen) atoms. The van der Waals surface area contributed by atoms with E-state index in [1.807, 2.05) is 12.3 Å². The minimum atomic E-state index is -1.01. The molecule has 0 aliphatic rings. The Morgan fingerprint density at radius 3 is 2.23 bits per heavy atom. The molecule has 2 aromatic rings. The van der Waals surface area contributed by atoms with Gasteiger partial charge in [-0.15, -0.1) is 11.3 Å². The summed E-state index contributed by atoms with van der Waals surface area (Å²) in [5.74, 6) is -0.891. The molecule has 2 rings (SSSR count). The summed E-state index contributed by atoms with van der Waals surface area (Å²) < 4.78 is 0. The minimum absolute atomic E-state index is 0.158. The maximum absolute atomic E-state index is 12.2. The molecule has 116 valence electrons. The summed E-state index contributed by atoms with van der Waals surface area (Å²) in [6.45, 7) is 6.04. The van der Waals surface area contributed by atoms with E-state index in [0.717, 1.165) is 10.7 Å². The molecular formula is C16H18N2O3S. The number of nitrogens with one attached hydrogen (secondary N) is 1. The highest BCUT2D eigenvalue weighted by Crippen LogP contribution is 2.22. The lowest BCUT2D eigenvalue weighted by atomic mass is 10.1. The van der Waals surface area contributed by atoms with E-state index in [4.69, 9.17) is 5.11 Å². The van der Waals surface area contributed by atoms with Crippen LogP contribution in [0.3, 0.4) is 0 Å². The van der Waals surface area contributed by atoms with E-state index < -0.39 is 5.97 Å². The summed E-state index contributed by atoms with van der Waals surface area (Å²) in [6, 6.07) is 5.65.